The van der Waals surface area contributed by atoms with E-state index >= 15 is 0 Å². The molecule has 2 amide bonds. The van der Waals surface area contributed by atoms with Gasteiger partial charge in [0, 0.05) is 6.54 Å². The fourth-order valence-corrected chi connectivity index (χ4v) is 5.16. The topological polar surface area (TPSA) is 54.7 Å². The van der Waals surface area contributed by atoms with E-state index in [1.807, 2.05) is 18.2 Å². The van der Waals surface area contributed by atoms with Crippen LogP contribution in [-0.2, 0) is 4.79 Å². The minimum absolute atomic E-state index is 0.131. The highest BCUT2D eigenvalue weighted by Crippen LogP contribution is 2.31. The second-order valence-corrected chi connectivity index (χ2v) is 8.80. The molecule has 138 valence electrons. The van der Waals surface area contributed by atoms with E-state index in [1.165, 1.54) is 4.90 Å². The number of carbonyl (C=O) groups excluding carboxylic acids is 2. The summed E-state index contributed by atoms with van der Waals surface area (Å²) in [5.74, 6) is 0.791. The summed E-state index contributed by atoms with van der Waals surface area (Å²) in [5.41, 5.74) is 0.915. The molecule has 26 heavy (non-hydrogen) atoms. The highest BCUT2D eigenvalue weighted by molar-refractivity contribution is 9.10. The van der Waals surface area contributed by atoms with E-state index in [0.29, 0.717) is 11.4 Å². The summed E-state index contributed by atoms with van der Waals surface area (Å²) in [5, 5.41) is 0.984. The maximum atomic E-state index is 12.3. The van der Waals surface area contributed by atoms with Gasteiger partial charge in [-0.05, 0) is 64.8 Å². The third kappa shape index (κ3) is 4.35. The number of halogens is 1. The number of allylic oxidation sites excluding steroid dienone is 1. The lowest BCUT2D eigenvalue weighted by molar-refractivity contribution is -0.122. The van der Waals surface area contributed by atoms with Crippen molar-refractivity contribution in [3.8, 4) is 0 Å². The second-order valence-electron chi connectivity index (χ2n) is 5.88. The molecule has 3 rings (SSSR count). The maximum Gasteiger partial charge on any atom is 0.293 e. The summed E-state index contributed by atoms with van der Waals surface area (Å²) in [4.78, 5) is 30.6. The largest absolute Gasteiger partial charge is 0.293 e. The van der Waals surface area contributed by atoms with Crippen LogP contribution in [-0.4, -0.2) is 37.7 Å². The molecule has 2 aromatic rings. The minimum Gasteiger partial charge on any atom is -0.281 e. The fraction of sp³-hybridized carbons (Fsp3) is 0.389. The van der Waals surface area contributed by atoms with Crippen molar-refractivity contribution in [1.29, 1.82) is 0 Å². The molecule has 3 heterocycles. The molecule has 0 atom stereocenters. The van der Waals surface area contributed by atoms with Crippen LogP contribution in [0, 0.1) is 0 Å². The molecule has 5 nitrogen and oxygen atoms in total. The molecule has 0 N–H and O–H groups in total. The van der Waals surface area contributed by atoms with Crippen molar-refractivity contribution in [1.82, 2.24) is 14.3 Å². The lowest BCUT2D eigenvalue weighted by Gasteiger charge is -2.12. The van der Waals surface area contributed by atoms with E-state index < -0.39 is 0 Å². The Morgan fingerprint density at radius 3 is 2.96 bits per heavy atom. The summed E-state index contributed by atoms with van der Waals surface area (Å²) < 4.78 is 3.01. The van der Waals surface area contributed by atoms with Gasteiger partial charge in [0.15, 0.2) is 0 Å². The number of unbranched alkanes of at least 4 members (excludes halogenated alkanes) is 2. The van der Waals surface area contributed by atoms with Gasteiger partial charge in [-0.2, -0.15) is 0 Å². The number of thioether (sulfide) groups is 2. The fourth-order valence-electron chi connectivity index (χ4n) is 2.64. The number of fused-ring (bicyclic) bond motifs is 1. The normalized spacial score (nSPS) is 16.4. The molecule has 8 heteroatoms. The van der Waals surface area contributed by atoms with E-state index in [0.717, 1.165) is 58.5 Å². The second kappa shape index (κ2) is 9.10. The van der Waals surface area contributed by atoms with Crippen LogP contribution in [0.15, 0.2) is 45.0 Å². The smallest absolute Gasteiger partial charge is 0.281 e. The van der Waals surface area contributed by atoms with Gasteiger partial charge in [-0.15, -0.1) is 11.8 Å². The first-order chi connectivity index (χ1) is 12.6. The number of carbonyl (C=O) groups is 2. The molecular formula is C18H20BrN3O2S2. The number of aromatic nitrogens is 2. The molecule has 0 aliphatic carbocycles. The molecule has 0 spiro atoms. The minimum atomic E-state index is -0.142. The lowest BCUT2D eigenvalue weighted by atomic mass is 10.3. The van der Waals surface area contributed by atoms with E-state index in [9.17, 15) is 9.59 Å². The van der Waals surface area contributed by atoms with Gasteiger partial charge in [0.2, 0.25) is 0 Å². The molecule has 1 aliphatic heterocycles. The van der Waals surface area contributed by atoms with Crippen molar-refractivity contribution in [2.45, 2.75) is 37.6 Å². The Labute approximate surface area is 169 Å². The van der Waals surface area contributed by atoms with Crippen LogP contribution in [0.2, 0.25) is 0 Å². The number of imide groups is 1. The van der Waals surface area contributed by atoms with E-state index in [1.54, 1.807) is 18.0 Å². The first-order valence-corrected chi connectivity index (χ1v) is 11.2. The molecule has 0 saturated carbocycles. The van der Waals surface area contributed by atoms with Crippen molar-refractivity contribution in [3.05, 3.63) is 40.0 Å². The number of nitrogens with zero attached hydrogens (tertiary/aromatic N) is 3. The molecule has 1 fully saturated rings. The quantitative estimate of drug-likeness (QED) is 0.306. The van der Waals surface area contributed by atoms with E-state index in [-0.39, 0.29) is 11.1 Å². The highest BCUT2D eigenvalue weighted by atomic mass is 79.9. The third-order valence-electron chi connectivity index (χ3n) is 3.97. The zero-order valence-corrected chi connectivity index (χ0v) is 17.7. The van der Waals surface area contributed by atoms with Crippen LogP contribution in [0.4, 0.5) is 4.79 Å². The number of pyridine rings is 1. The molecular weight excluding hydrogens is 434 g/mol. The van der Waals surface area contributed by atoms with Gasteiger partial charge < -0.3 is 0 Å². The molecule has 1 aliphatic rings. The Bertz CT molecular complexity index is 850. The zero-order valence-electron chi connectivity index (χ0n) is 14.5. The van der Waals surface area contributed by atoms with Gasteiger partial charge >= 0.3 is 0 Å². The first kappa shape index (κ1) is 19.5. The lowest BCUT2D eigenvalue weighted by Crippen LogP contribution is -2.29. The predicted octanol–water partition coefficient (Wildman–Crippen LogP) is 5.35. The molecule has 0 radical (unpaired) electrons. The Morgan fingerprint density at radius 2 is 2.15 bits per heavy atom. The van der Waals surface area contributed by atoms with Gasteiger partial charge in [-0.3, -0.25) is 18.9 Å². The van der Waals surface area contributed by atoms with Crippen LogP contribution in [0.25, 0.3) is 5.65 Å². The standard InChI is InChI=1S/C18H20BrN3O2S2/c1-2-3-7-13-17(23)21(18(24)26-13)10-4-5-11-25-16-9-6-8-15-20-12-14(19)22(15)16/h6-9,12H,2-5,10-11H2,1H3. The van der Waals surface area contributed by atoms with Gasteiger partial charge in [-0.1, -0.05) is 25.5 Å². The molecule has 1 saturated heterocycles. The summed E-state index contributed by atoms with van der Waals surface area (Å²) in [6.45, 7) is 2.55. The Hall–Kier alpha value is -1.25. The van der Waals surface area contributed by atoms with Crippen LogP contribution in [0.1, 0.15) is 32.6 Å². The predicted molar refractivity (Wildman–Crippen MR) is 111 cm³/mol. The highest BCUT2D eigenvalue weighted by Gasteiger charge is 2.34. The van der Waals surface area contributed by atoms with Crippen LogP contribution in [0.5, 0.6) is 0 Å². The Balaban J connectivity index is 1.48. The number of imidazole rings is 1. The number of hydrogen-bond acceptors (Lipinski definition) is 5. The van der Waals surface area contributed by atoms with Crippen molar-refractivity contribution >= 4 is 56.2 Å². The third-order valence-corrected chi connectivity index (χ3v) is 6.59. The van der Waals surface area contributed by atoms with Gasteiger partial charge in [0.05, 0.1) is 16.1 Å². The molecule has 2 aromatic heterocycles. The van der Waals surface area contributed by atoms with Crippen molar-refractivity contribution in [2.75, 3.05) is 12.3 Å². The van der Waals surface area contributed by atoms with Crippen molar-refractivity contribution in [2.24, 2.45) is 0 Å². The number of hydrogen-bond donors (Lipinski definition) is 0. The number of rotatable bonds is 8. The summed E-state index contributed by atoms with van der Waals surface area (Å²) >= 11 is 6.34. The van der Waals surface area contributed by atoms with Gasteiger partial charge in [0.25, 0.3) is 11.1 Å². The molecule has 0 unspecified atom stereocenters. The summed E-state index contributed by atoms with van der Waals surface area (Å²) in [6, 6.07) is 6.04. The number of amides is 2. The summed E-state index contributed by atoms with van der Waals surface area (Å²) in [6.07, 6.45) is 7.23. The molecule has 0 aromatic carbocycles. The van der Waals surface area contributed by atoms with Crippen LogP contribution in [0.3, 0.4) is 0 Å². The van der Waals surface area contributed by atoms with Gasteiger partial charge in [-0.25, -0.2) is 4.98 Å². The SMILES string of the molecule is CCCC=C1SC(=O)N(CCCCSc2cccc3ncc(Br)n23)C1=O. The average molecular weight is 454 g/mol. The monoisotopic (exact) mass is 453 g/mol. The summed E-state index contributed by atoms with van der Waals surface area (Å²) in [7, 11) is 0. The van der Waals surface area contributed by atoms with Crippen LogP contribution >= 0.6 is 39.5 Å². The molecule has 0 bridgehead atoms. The Morgan fingerprint density at radius 1 is 1.31 bits per heavy atom. The maximum absolute atomic E-state index is 12.3. The van der Waals surface area contributed by atoms with Crippen molar-refractivity contribution < 1.29 is 9.59 Å². The average Bonchev–Trinajstić information content (AvgIpc) is 3.14. The van der Waals surface area contributed by atoms with E-state index in [2.05, 4.69) is 38.3 Å². The zero-order chi connectivity index (χ0) is 18.5. The van der Waals surface area contributed by atoms with Crippen molar-refractivity contribution in [3.63, 3.8) is 0 Å². The van der Waals surface area contributed by atoms with Crippen LogP contribution < -0.4 is 0 Å². The first-order valence-electron chi connectivity index (χ1n) is 8.60. The van der Waals surface area contributed by atoms with E-state index in [4.69, 9.17) is 0 Å². The van der Waals surface area contributed by atoms with Gasteiger partial charge in [0.1, 0.15) is 10.3 Å². The Kier molecular flexibility index (Phi) is 6.83.